The van der Waals surface area contributed by atoms with Crippen molar-refractivity contribution in [3.63, 3.8) is 0 Å². The lowest BCUT2D eigenvalue weighted by atomic mass is 10.1. The Morgan fingerprint density at radius 3 is 2.34 bits per heavy atom. The molecule has 10 heteroatoms. The number of para-hydroxylation sites is 1. The molecule has 3 aromatic carbocycles. The van der Waals surface area contributed by atoms with E-state index in [1.54, 1.807) is 42.5 Å². The third-order valence-corrected chi connectivity index (χ3v) is 4.68. The van der Waals surface area contributed by atoms with Crippen LogP contribution < -0.4 is 5.63 Å². The molecule has 0 fully saturated rings. The molecular weight excluding hydrogens is 418 g/mol. The first-order chi connectivity index (χ1) is 15.3. The van der Waals surface area contributed by atoms with Gasteiger partial charge >= 0.3 is 11.3 Å². The zero-order valence-corrected chi connectivity index (χ0v) is 16.2. The maximum absolute atomic E-state index is 12.3. The largest absolute Gasteiger partial charge is 0.502 e. The van der Waals surface area contributed by atoms with E-state index in [-0.39, 0.29) is 5.56 Å². The van der Waals surface area contributed by atoms with E-state index in [1.807, 2.05) is 12.1 Å². The highest BCUT2D eigenvalue weighted by molar-refractivity contribution is 5.89. The number of aromatic hydroxyl groups is 1. The van der Waals surface area contributed by atoms with Gasteiger partial charge in [0.2, 0.25) is 5.75 Å². The van der Waals surface area contributed by atoms with E-state index in [2.05, 4.69) is 4.99 Å². The molecule has 4 aromatic rings. The van der Waals surface area contributed by atoms with E-state index in [0.29, 0.717) is 28.5 Å². The number of nitrogens with zero attached hydrogens (tertiary/aromatic N) is 3. The Hall–Kier alpha value is -4.86. The minimum atomic E-state index is -0.913. The number of benzene rings is 3. The van der Waals surface area contributed by atoms with Gasteiger partial charge in [-0.1, -0.05) is 30.3 Å². The molecule has 1 N–H and O–H groups in total. The van der Waals surface area contributed by atoms with Crippen molar-refractivity contribution >= 4 is 34.2 Å². The van der Waals surface area contributed by atoms with Gasteiger partial charge in [-0.05, 0) is 29.8 Å². The highest BCUT2D eigenvalue weighted by Gasteiger charge is 2.23. The Labute approximate surface area is 179 Å². The van der Waals surface area contributed by atoms with Crippen LogP contribution in [0.15, 0.2) is 80.9 Å². The molecule has 0 atom stereocenters. The standard InChI is InChI=1S/C22H13N3O7/c26-21-15(9-17(24(28)29)11-19(21)25(30)31)12-23-16-7-5-13(6-8-16)18-10-14-3-1-2-4-20(14)32-22(18)27/h1-12,26H. The molecule has 0 bridgehead atoms. The second-order valence-electron chi connectivity index (χ2n) is 6.71. The van der Waals surface area contributed by atoms with Crippen molar-refractivity contribution in [2.24, 2.45) is 4.99 Å². The summed E-state index contributed by atoms with van der Waals surface area (Å²) in [6.45, 7) is 0. The van der Waals surface area contributed by atoms with Gasteiger partial charge in [-0.25, -0.2) is 4.79 Å². The minimum Gasteiger partial charge on any atom is -0.502 e. The number of nitro groups is 2. The lowest BCUT2D eigenvalue weighted by Gasteiger charge is -2.03. The van der Waals surface area contributed by atoms with Gasteiger partial charge in [0.15, 0.2) is 0 Å². The van der Waals surface area contributed by atoms with E-state index < -0.39 is 32.6 Å². The van der Waals surface area contributed by atoms with Crippen LogP contribution in [0.4, 0.5) is 17.1 Å². The Balaban J connectivity index is 1.66. The number of phenolic OH excluding ortho intramolecular Hbond substituents is 1. The van der Waals surface area contributed by atoms with Crippen LogP contribution in [0.25, 0.3) is 22.1 Å². The molecule has 0 saturated heterocycles. The summed E-state index contributed by atoms with van der Waals surface area (Å²) in [5.74, 6) is -0.727. The fourth-order valence-corrected chi connectivity index (χ4v) is 3.10. The topological polar surface area (TPSA) is 149 Å². The maximum atomic E-state index is 12.3. The average Bonchev–Trinajstić information content (AvgIpc) is 2.78. The number of aliphatic imine (C=N–C) groups is 1. The van der Waals surface area contributed by atoms with Gasteiger partial charge in [0.1, 0.15) is 5.58 Å². The van der Waals surface area contributed by atoms with Gasteiger partial charge in [0.25, 0.3) is 5.69 Å². The van der Waals surface area contributed by atoms with Crippen molar-refractivity contribution in [3.05, 3.63) is 103 Å². The quantitative estimate of drug-likeness (QED) is 0.208. The van der Waals surface area contributed by atoms with Crippen molar-refractivity contribution in [2.45, 2.75) is 0 Å². The van der Waals surface area contributed by atoms with Crippen LogP contribution in [0.1, 0.15) is 5.56 Å². The fraction of sp³-hybridized carbons (Fsp3) is 0. The van der Waals surface area contributed by atoms with Crippen LogP contribution in [0.2, 0.25) is 0 Å². The summed E-state index contributed by atoms with van der Waals surface area (Å²) < 4.78 is 5.33. The van der Waals surface area contributed by atoms with E-state index >= 15 is 0 Å². The molecule has 0 spiro atoms. The van der Waals surface area contributed by atoms with E-state index in [1.165, 1.54) is 0 Å². The Kier molecular flexibility index (Phi) is 5.17. The summed E-state index contributed by atoms with van der Waals surface area (Å²) in [6, 6.07) is 17.0. The van der Waals surface area contributed by atoms with Crippen molar-refractivity contribution in [2.75, 3.05) is 0 Å². The van der Waals surface area contributed by atoms with E-state index in [9.17, 15) is 30.1 Å². The van der Waals surface area contributed by atoms with Crippen molar-refractivity contribution in [3.8, 4) is 16.9 Å². The lowest BCUT2D eigenvalue weighted by Crippen LogP contribution is -2.02. The molecule has 0 aliphatic heterocycles. The zero-order valence-electron chi connectivity index (χ0n) is 16.2. The first kappa shape index (κ1) is 20.4. The van der Waals surface area contributed by atoms with Crippen LogP contribution >= 0.6 is 0 Å². The second kappa shape index (κ2) is 8.11. The number of phenols is 1. The van der Waals surface area contributed by atoms with Crippen LogP contribution in [0.3, 0.4) is 0 Å². The van der Waals surface area contributed by atoms with Gasteiger partial charge in [-0.15, -0.1) is 0 Å². The van der Waals surface area contributed by atoms with E-state index in [0.717, 1.165) is 17.7 Å². The first-order valence-electron chi connectivity index (χ1n) is 9.16. The summed E-state index contributed by atoms with van der Waals surface area (Å²) in [7, 11) is 0. The average molecular weight is 431 g/mol. The molecule has 1 heterocycles. The Morgan fingerprint density at radius 1 is 0.938 bits per heavy atom. The monoisotopic (exact) mass is 431 g/mol. The summed E-state index contributed by atoms with van der Waals surface area (Å²) in [5, 5.41) is 32.9. The summed E-state index contributed by atoms with van der Waals surface area (Å²) in [4.78, 5) is 36.8. The second-order valence-corrected chi connectivity index (χ2v) is 6.71. The molecule has 10 nitrogen and oxygen atoms in total. The summed E-state index contributed by atoms with van der Waals surface area (Å²) >= 11 is 0. The van der Waals surface area contributed by atoms with Gasteiger partial charge in [0.05, 0.1) is 27.2 Å². The van der Waals surface area contributed by atoms with Gasteiger partial charge in [-0.3, -0.25) is 25.2 Å². The van der Waals surface area contributed by atoms with Gasteiger partial charge < -0.3 is 9.52 Å². The fourth-order valence-electron chi connectivity index (χ4n) is 3.10. The third kappa shape index (κ3) is 3.92. The lowest BCUT2D eigenvalue weighted by molar-refractivity contribution is -0.394. The van der Waals surface area contributed by atoms with Crippen LogP contribution in [0, 0.1) is 20.2 Å². The van der Waals surface area contributed by atoms with Gasteiger partial charge in [-0.2, -0.15) is 0 Å². The molecule has 4 rings (SSSR count). The third-order valence-electron chi connectivity index (χ3n) is 4.68. The molecule has 1 aromatic heterocycles. The molecule has 0 unspecified atom stereocenters. The molecule has 0 amide bonds. The van der Waals surface area contributed by atoms with Crippen LogP contribution in [0.5, 0.6) is 5.75 Å². The number of nitro benzene ring substituents is 2. The highest BCUT2D eigenvalue weighted by Crippen LogP contribution is 2.33. The van der Waals surface area contributed by atoms with E-state index in [4.69, 9.17) is 4.42 Å². The number of non-ortho nitro benzene ring substituents is 1. The predicted molar refractivity (Wildman–Crippen MR) is 117 cm³/mol. The molecule has 0 aliphatic rings. The normalized spacial score (nSPS) is 11.1. The van der Waals surface area contributed by atoms with Crippen molar-refractivity contribution in [1.29, 1.82) is 0 Å². The molecule has 32 heavy (non-hydrogen) atoms. The van der Waals surface area contributed by atoms with Crippen LogP contribution in [-0.4, -0.2) is 21.2 Å². The minimum absolute atomic E-state index is 0.176. The highest BCUT2D eigenvalue weighted by atomic mass is 16.6. The first-order valence-corrected chi connectivity index (χ1v) is 9.16. The number of rotatable bonds is 5. The maximum Gasteiger partial charge on any atom is 0.344 e. The smallest absolute Gasteiger partial charge is 0.344 e. The predicted octanol–water partition coefficient (Wildman–Crippen LogP) is 4.73. The molecular formula is C22H13N3O7. The number of fused-ring (bicyclic) bond motifs is 1. The summed E-state index contributed by atoms with van der Waals surface area (Å²) in [6.07, 6.45) is 1.09. The molecule has 0 radical (unpaired) electrons. The number of hydrogen-bond donors (Lipinski definition) is 1. The van der Waals surface area contributed by atoms with Crippen molar-refractivity contribution in [1.82, 2.24) is 0 Å². The van der Waals surface area contributed by atoms with Crippen LogP contribution in [-0.2, 0) is 0 Å². The molecule has 0 aliphatic carbocycles. The molecule has 0 saturated carbocycles. The SMILES string of the molecule is O=c1oc2ccccc2cc1-c1ccc(N=Cc2cc([N+](=O)[O-])cc([N+](=O)[O-])c2O)cc1. The summed E-state index contributed by atoms with van der Waals surface area (Å²) in [5.41, 5.74) is -0.170. The Morgan fingerprint density at radius 2 is 1.66 bits per heavy atom. The molecule has 158 valence electrons. The number of hydrogen-bond acceptors (Lipinski definition) is 8. The Bertz CT molecular complexity index is 1460. The van der Waals surface area contributed by atoms with Crippen molar-refractivity contribution < 1.29 is 19.4 Å². The zero-order chi connectivity index (χ0) is 22.8. The van der Waals surface area contributed by atoms with Gasteiger partial charge in [0, 0.05) is 23.2 Å².